The van der Waals surface area contributed by atoms with Gasteiger partial charge >= 0.3 is 4.96 Å². The molecule has 0 amide bonds. The molecule has 0 saturated carbocycles. The summed E-state index contributed by atoms with van der Waals surface area (Å²) in [4.78, 5) is 15.7. The van der Waals surface area contributed by atoms with E-state index >= 15 is 0 Å². The van der Waals surface area contributed by atoms with Crippen LogP contribution in [-0.4, -0.2) is 9.91 Å². The van der Waals surface area contributed by atoms with E-state index in [2.05, 4.69) is 4.98 Å². The van der Waals surface area contributed by atoms with Crippen LogP contribution in [0.1, 0.15) is 11.4 Å². The number of rotatable bonds is 1. The van der Waals surface area contributed by atoms with Crippen molar-refractivity contribution in [3.05, 3.63) is 45.8 Å². The third-order valence-corrected chi connectivity index (χ3v) is 3.83. The zero-order valence-corrected chi connectivity index (χ0v) is 10.7. The molecule has 1 aromatic carbocycles. The number of hydrogen-bond acceptors (Lipinski definition) is 4. The van der Waals surface area contributed by atoms with Crippen molar-refractivity contribution in [2.45, 2.75) is 13.8 Å². The number of fused-ring (bicyclic) bond motifs is 3. The summed E-state index contributed by atoms with van der Waals surface area (Å²) < 4.78 is 2.90. The average molecular weight is 260 g/mol. The summed E-state index contributed by atoms with van der Waals surface area (Å²) in [5.41, 5.74) is 3.11. The van der Waals surface area contributed by atoms with Crippen LogP contribution in [0.4, 0.5) is 5.69 Å². The molecule has 0 aliphatic carbocycles. The molecular weight excluding hydrogens is 250 g/mol. The Kier molecular flexibility index (Phi) is 2.27. The highest BCUT2D eigenvalue weighted by atomic mass is 32.1. The Morgan fingerprint density at radius 3 is 2.83 bits per heavy atom. The molecule has 3 rings (SSSR count). The van der Waals surface area contributed by atoms with Crippen LogP contribution in [0.15, 0.2) is 24.3 Å². The molecule has 0 aliphatic rings. The zero-order chi connectivity index (χ0) is 12.9. The molecule has 90 valence electrons. The van der Waals surface area contributed by atoms with E-state index in [0.717, 1.165) is 26.6 Å². The van der Waals surface area contributed by atoms with Crippen LogP contribution in [0.3, 0.4) is 0 Å². The molecule has 18 heavy (non-hydrogen) atoms. The van der Waals surface area contributed by atoms with Gasteiger partial charge in [-0.15, -0.1) is 0 Å². The van der Waals surface area contributed by atoms with E-state index in [1.165, 1.54) is 17.4 Å². The fourth-order valence-electron chi connectivity index (χ4n) is 2.09. The fraction of sp³-hybridized carbons (Fsp3) is 0.167. The molecule has 0 aliphatic heterocycles. The van der Waals surface area contributed by atoms with E-state index in [4.69, 9.17) is 0 Å². The van der Waals surface area contributed by atoms with Gasteiger partial charge in [-0.05, 0) is 29.3 Å². The van der Waals surface area contributed by atoms with Crippen LogP contribution >= 0.6 is 11.3 Å². The third-order valence-electron chi connectivity index (χ3n) is 2.83. The molecule has 0 spiro atoms. The van der Waals surface area contributed by atoms with Crippen molar-refractivity contribution in [2.24, 2.45) is 0 Å². The molecule has 2 aromatic heterocycles. The molecule has 0 saturated heterocycles. The van der Waals surface area contributed by atoms with Gasteiger partial charge in [0.05, 0.1) is 9.62 Å². The van der Waals surface area contributed by atoms with Crippen molar-refractivity contribution in [1.29, 1.82) is 0 Å². The number of thiazole rings is 1. The second-order valence-electron chi connectivity index (χ2n) is 4.17. The molecule has 0 unspecified atom stereocenters. The van der Waals surface area contributed by atoms with Gasteiger partial charge in [-0.3, -0.25) is 10.1 Å². The minimum atomic E-state index is -0.375. The van der Waals surface area contributed by atoms with Crippen molar-refractivity contribution in [3.63, 3.8) is 0 Å². The predicted molar refractivity (Wildman–Crippen MR) is 68.9 cm³/mol. The number of hydrogen-bond donors (Lipinski definition) is 0. The molecule has 0 atom stereocenters. The topological polar surface area (TPSA) is 60.1 Å². The molecule has 3 aromatic rings. The number of aryl methyl sites for hydroxylation is 2. The standard InChI is InChI=1S/C12H10N3O2S/c1-7-5-8(2)14-10-4-3-9(15(16)17)6-11(10)18-12(14)13-7/h3-6H,1-2H3/q+1. The van der Waals surface area contributed by atoms with Crippen LogP contribution < -0.4 is 4.40 Å². The lowest BCUT2D eigenvalue weighted by atomic mass is 10.3. The zero-order valence-electron chi connectivity index (χ0n) is 9.88. The highest BCUT2D eigenvalue weighted by molar-refractivity contribution is 7.22. The Bertz CT molecular complexity index is 795. The second kappa shape index (κ2) is 3.71. The lowest BCUT2D eigenvalue weighted by Gasteiger charge is -1.93. The van der Waals surface area contributed by atoms with Gasteiger partial charge in [0.2, 0.25) is 0 Å². The number of nitrogens with zero attached hydrogens (tertiary/aromatic N) is 3. The van der Waals surface area contributed by atoms with E-state index in [1.54, 1.807) is 12.1 Å². The lowest BCUT2D eigenvalue weighted by molar-refractivity contribution is -0.488. The quantitative estimate of drug-likeness (QED) is 0.384. The fourth-order valence-corrected chi connectivity index (χ4v) is 3.26. The monoisotopic (exact) mass is 260 g/mol. The van der Waals surface area contributed by atoms with Gasteiger partial charge in [-0.25, -0.2) is 0 Å². The van der Waals surface area contributed by atoms with Crippen LogP contribution in [0.5, 0.6) is 0 Å². The summed E-state index contributed by atoms with van der Waals surface area (Å²) in [5.74, 6) is 0. The Morgan fingerprint density at radius 1 is 1.33 bits per heavy atom. The highest BCUT2D eigenvalue weighted by Gasteiger charge is 2.19. The minimum Gasteiger partial charge on any atom is -0.258 e. The van der Waals surface area contributed by atoms with Gasteiger partial charge in [0.1, 0.15) is 5.69 Å². The van der Waals surface area contributed by atoms with E-state index in [0.29, 0.717) is 0 Å². The Hall–Kier alpha value is -2.08. The van der Waals surface area contributed by atoms with Gasteiger partial charge in [0.25, 0.3) is 5.69 Å². The summed E-state index contributed by atoms with van der Waals surface area (Å²) in [6, 6.07) is 6.91. The van der Waals surface area contributed by atoms with Crippen molar-refractivity contribution in [2.75, 3.05) is 0 Å². The van der Waals surface area contributed by atoms with E-state index in [9.17, 15) is 10.1 Å². The number of benzene rings is 1. The SMILES string of the molecule is Cc1cc(C)[n+]2c(n1)sc1cc([N+](=O)[O-])ccc12. The lowest BCUT2D eigenvalue weighted by Crippen LogP contribution is -2.24. The second-order valence-corrected chi connectivity index (χ2v) is 5.18. The predicted octanol–water partition coefficient (Wildman–Crippen LogP) is 2.56. The number of nitro groups is 1. The first kappa shape index (κ1) is 11.0. The molecule has 6 heteroatoms. The van der Waals surface area contributed by atoms with Gasteiger partial charge in [-0.2, -0.15) is 4.40 Å². The summed E-state index contributed by atoms with van der Waals surface area (Å²) in [5, 5.41) is 10.8. The third kappa shape index (κ3) is 1.53. The molecule has 2 heterocycles. The summed E-state index contributed by atoms with van der Waals surface area (Å²) in [6.45, 7) is 3.95. The maximum Gasteiger partial charge on any atom is 0.388 e. The summed E-state index contributed by atoms with van der Waals surface area (Å²) in [6.07, 6.45) is 0. The van der Waals surface area contributed by atoms with Crippen molar-refractivity contribution < 1.29 is 9.32 Å². The maximum atomic E-state index is 10.8. The molecule has 5 nitrogen and oxygen atoms in total. The molecule has 0 bridgehead atoms. The van der Waals surface area contributed by atoms with Crippen molar-refractivity contribution in [1.82, 2.24) is 4.98 Å². The largest absolute Gasteiger partial charge is 0.388 e. The average Bonchev–Trinajstić information content (AvgIpc) is 2.65. The first-order chi connectivity index (χ1) is 8.56. The maximum absolute atomic E-state index is 10.8. The van der Waals surface area contributed by atoms with E-state index in [1.807, 2.05) is 24.3 Å². The first-order valence-corrected chi connectivity index (χ1v) is 6.25. The van der Waals surface area contributed by atoms with Gasteiger partial charge in [0, 0.05) is 25.1 Å². The Morgan fingerprint density at radius 2 is 2.11 bits per heavy atom. The smallest absolute Gasteiger partial charge is 0.258 e. The summed E-state index contributed by atoms with van der Waals surface area (Å²) >= 11 is 1.47. The normalized spacial score (nSPS) is 11.2. The van der Waals surface area contributed by atoms with Crippen molar-refractivity contribution in [3.8, 4) is 0 Å². The highest BCUT2D eigenvalue weighted by Crippen LogP contribution is 2.25. The van der Waals surface area contributed by atoms with Crippen LogP contribution in [0.25, 0.3) is 15.2 Å². The minimum absolute atomic E-state index is 0.115. The van der Waals surface area contributed by atoms with E-state index in [-0.39, 0.29) is 10.6 Å². The molecule has 0 N–H and O–H groups in total. The number of non-ortho nitro benzene ring substituents is 1. The van der Waals surface area contributed by atoms with Crippen LogP contribution in [0, 0.1) is 24.0 Å². The molecular formula is C12H10N3O2S+. The molecule has 0 fully saturated rings. The Labute approximate surface area is 106 Å². The van der Waals surface area contributed by atoms with E-state index < -0.39 is 0 Å². The number of aromatic nitrogens is 2. The first-order valence-electron chi connectivity index (χ1n) is 5.43. The van der Waals surface area contributed by atoms with Gasteiger partial charge in [-0.1, -0.05) is 0 Å². The summed E-state index contributed by atoms with van der Waals surface area (Å²) in [7, 11) is 0. The Balaban J connectivity index is 2.43. The van der Waals surface area contributed by atoms with Crippen molar-refractivity contribution >= 4 is 32.2 Å². The molecule has 0 radical (unpaired) electrons. The van der Waals surface area contributed by atoms with Crippen LogP contribution in [0.2, 0.25) is 0 Å². The van der Waals surface area contributed by atoms with Gasteiger partial charge in [0.15, 0.2) is 11.2 Å². The van der Waals surface area contributed by atoms with Gasteiger partial charge < -0.3 is 0 Å². The van der Waals surface area contributed by atoms with Crippen LogP contribution in [-0.2, 0) is 0 Å². The number of nitro benzene ring substituents is 1.